The third kappa shape index (κ3) is 2.47. The first-order valence-corrected chi connectivity index (χ1v) is 6.95. The van der Waals surface area contributed by atoms with Gasteiger partial charge in [-0.2, -0.15) is 0 Å². The van der Waals surface area contributed by atoms with Crippen molar-refractivity contribution >= 4 is 17.5 Å². The molecule has 3 aliphatic carbocycles. The second-order valence-electron chi connectivity index (χ2n) is 5.91. The van der Waals surface area contributed by atoms with Gasteiger partial charge in [0.1, 0.15) is 11.6 Å². The lowest BCUT2D eigenvalue weighted by Gasteiger charge is -2.45. The van der Waals surface area contributed by atoms with Crippen LogP contribution in [-0.4, -0.2) is 23.6 Å². The molecule has 0 radical (unpaired) electrons. The fourth-order valence-corrected chi connectivity index (χ4v) is 3.45. The molecule has 20 heavy (non-hydrogen) atoms. The van der Waals surface area contributed by atoms with Crippen LogP contribution in [0.15, 0.2) is 18.2 Å². The van der Waals surface area contributed by atoms with Gasteiger partial charge in [0.2, 0.25) is 0 Å². The number of fused-ring (bicyclic) bond motifs is 1. The van der Waals surface area contributed by atoms with E-state index in [1.807, 2.05) is 0 Å². The molecule has 0 aromatic heterocycles. The number of amides is 1. The molecule has 6 heteroatoms. The first-order chi connectivity index (χ1) is 9.40. The molecule has 1 amide bonds. The highest BCUT2D eigenvalue weighted by molar-refractivity contribution is 6.30. The molecule has 0 aliphatic heterocycles. The lowest BCUT2D eigenvalue weighted by atomic mass is 9.72. The number of carbonyl (C=O) groups is 1. The zero-order chi connectivity index (χ0) is 14.4. The predicted octanol–water partition coefficient (Wildman–Crippen LogP) is 2.00. The summed E-state index contributed by atoms with van der Waals surface area (Å²) < 4.78 is 18.5. The molecule has 0 saturated heterocycles. The minimum atomic E-state index is -0.564. The third-order valence-corrected chi connectivity index (χ3v) is 4.45. The molecule has 1 aromatic carbocycles. The van der Waals surface area contributed by atoms with Crippen LogP contribution in [0.3, 0.4) is 0 Å². The van der Waals surface area contributed by atoms with E-state index in [-0.39, 0.29) is 34.4 Å². The summed E-state index contributed by atoms with van der Waals surface area (Å²) >= 11 is 5.57. The van der Waals surface area contributed by atoms with Crippen molar-refractivity contribution in [2.45, 2.75) is 36.8 Å². The average Bonchev–Trinajstić information content (AvgIpc) is 2.83. The van der Waals surface area contributed by atoms with E-state index in [4.69, 9.17) is 22.1 Å². The molecular weight excluding hydrogens is 283 g/mol. The van der Waals surface area contributed by atoms with Crippen molar-refractivity contribution in [3.63, 3.8) is 0 Å². The standard InChI is InChI=1S/C14H16ClFN2O2/c15-10-2-1-9(5-11(10)16)20-6-12(19)18-14-4-3-13(17,7-14)8-14/h1-2,5H,3-4,6-8,17H2,(H,18,19). The Morgan fingerprint density at radius 2 is 2.20 bits per heavy atom. The van der Waals surface area contributed by atoms with Gasteiger partial charge in [0.15, 0.2) is 6.61 Å². The van der Waals surface area contributed by atoms with Crippen LogP contribution in [0.1, 0.15) is 25.7 Å². The first kappa shape index (κ1) is 13.6. The van der Waals surface area contributed by atoms with Gasteiger partial charge in [-0.15, -0.1) is 0 Å². The topological polar surface area (TPSA) is 64.3 Å². The number of rotatable bonds is 4. The summed E-state index contributed by atoms with van der Waals surface area (Å²) in [5.74, 6) is -0.483. The molecular formula is C14H16ClFN2O2. The third-order valence-electron chi connectivity index (χ3n) is 4.15. The van der Waals surface area contributed by atoms with Crippen molar-refractivity contribution in [2.24, 2.45) is 5.73 Å². The van der Waals surface area contributed by atoms with E-state index < -0.39 is 5.82 Å². The number of nitrogens with one attached hydrogen (secondary N) is 1. The summed E-state index contributed by atoms with van der Waals surface area (Å²) in [6.07, 6.45) is 3.55. The van der Waals surface area contributed by atoms with E-state index in [1.54, 1.807) is 0 Å². The molecule has 108 valence electrons. The molecule has 3 saturated carbocycles. The summed E-state index contributed by atoms with van der Waals surface area (Å²) in [5, 5.41) is 3.01. The van der Waals surface area contributed by atoms with Crippen LogP contribution in [-0.2, 0) is 4.79 Å². The average molecular weight is 299 g/mol. The van der Waals surface area contributed by atoms with Crippen LogP contribution < -0.4 is 15.8 Å². The van der Waals surface area contributed by atoms with Crippen LogP contribution in [0.2, 0.25) is 5.02 Å². The Labute approximate surface area is 121 Å². The van der Waals surface area contributed by atoms with Gasteiger partial charge >= 0.3 is 0 Å². The molecule has 4 nitrogen and oxygen atoms in total. The summed E-state index contributed by atoms with van der Waals surface area (Å²) in [6.45, 7) is -0.138. The van der Waals surface area contributed by atoms with Gasteiger partial charge in [-0.25, -0.2) is 4.39 Å². The van der Waals surface area contributed by atoms with Crippen LogP contribution >= 0.6 is 11.6 Å². The zero-order valence-electron chi connectivity index (χ0n) is 10.9. The molecule has 0 spiro atoms. The Balaban J connectivity index is 1.51. The van der Waals surface area contributed by atoms with Crippen molar-refractivity contribution in [2.75, 3.05) is 6.61 Å². The van der Waals surface area contributed by atoms with E-state index >= 15 is 0 Å². The van der Waals surface area contributed by atoms with E-state index in [0.29, 0.717) is 0 Å². The van der Waals surface area contributed by atoms with E-state index in [9.17, 15) is 9.18 Å². The second kappa shape index (κ2) is 4.60. The van der Waals surface area contributed by atoms with Crippen molar-refractivity contribution in [1.29, 1.82) is 0 Å². The fraction of sp³-hybridized carbons (Fsp3) is 0.500. The monoisotopic (exact) mass is 298 g/mol. The molecule has 4 rings (SSSR count). The van der Waals surface area contributed by atoms with Gasteiger partial charge in [-0.05, 0) is 37.8 Å². The summed E-state index contributed by atoms with van der Waals surface area (Å²) in [4.78, 5) is 11.9. The normalized spacial score (nSPS) is 30.8. The van der Waals surface area contributed by atoms with Crippen molar-refractivity contribution < 1.29 is 13.9 Å². The van der Waals surface area contributed by atoms with Gasteiger partial charge in [0.05, 0.1) is 5.02 Å². The summed E-state index contributed by atoms with van der Waals surface area (Å²) in [5.41, 5.74) is 5.85. The van der Waals surface area contributed by atoms with Gasteiger partial charge in [0.25, 0.3) is 5.91 Å². The number of halogens is 2. The smallest absolute Gasteiger partial charge is 0.258 e. The highest BCUT2D eigenvalue weighted by atomic mass is 35.5. The minimum Gasteiger partial charge on any atom is -0.484 e. The van der Waals surface area contributed by atoms with Crippen LogP contribution in [0, 0.1) is 5.82 Å². The lowest BCUT2D eigenvalue weighted by Crippen LogP contribution is -2.62. The molecule has 0 heterocycles. The first-order valence-electron chi connectivity index (χ1n) is 6.58. The van der Waals surface area contributed by atoms with Crippen LogP contribution in [0.5, 0.6) is 5.75 Å². The lowest BCUT2D eigenvalue weighted by molar-refractivity contribution is -0.126. The van der Waals surface area contributed by atoms with E-state index in [0.717, 1.165) is 31.7 Å². The Bertz CT molecular complexity index is 558. The maximum atomic E-state index is 13.2. The Morgan fingerprint density at radius 3 is 2.80 bits per heavy atom. The molecule has 3 N–H and O–H groups in total. The van der Waals surface area contributed by atoms with Crippen LogP contribution in [0.4, 0.5) is 4.39 Å². The second-order valence-corrected chi connectivity index (χ2v) is 6.32. The molecule has 0 unspecified atom stereocenters. The number of benzene rings is 1. The Morgan fingerprint density at radius 1 is 1.45 bits per heavy atom. The van der Waals surface area contributed by atoms with E-state index in [1.165, 1.54) is 12.1 Å². The number of nitrogens with two attached hydrogens (primary N) is 1. The van der Waals surface area contributed by atoms with Gasteiger partial charge in [-0.3, -0.25) is 4.79 Å². The molecule has 0 atom stereocenters. The largest absolute Gasteiger partial charge is 0.484 e. The van der Waals surface area contributed by atoms with Gasteiger partial charge < -0.3 is 15.8 Å². The van der Waals surface area contributed by atoms with Crippen LogP contribution in [0.25, 0.3) is 0 Å². The number of hydrogen-bond acceptors (Lipinski definition) is 3. The molecule has 1 aromatic rings. The zero-order valence-corrected chi connectivity index (χ0v) is 11.7. The van der Waals surface area contributed by atoms with Gasteiger partial charge in [0, 0.05) is 17.1 Å². The molecule has 3 aliphatic rings. The SMILES string of the molecule is NC12CCC(NC(=O)COc3ccc(Cl)c(F)c3)(C1)C2. The highest BCUT2D eigenvalue weighted by Crippen LogP contribution is 2.53. The summed E-state index contributed by atoms with van der Waals surface area (Å²) in [7, 11) is 0. The van der Waals surface area contributed by atoms with Gasteiger partial charge in [-0.1, -0.05) is 11.6 Å². The quantitative estimate of drug-likeness (QED) is 0.893. The fourth-order valence-electron chi connectivity index (χ4n) is 3.34. The molecule has 2 bridgehead atoms. The Kier molecular flexibility index (Phi) is 3.14. The number of hydrogen-bond donors (Lipinski definition) is 2. The van der Waals surface area contributed by atoms with E-state index in [2.05, 4.69) is 5.32 Å². The molecule has 3 fully saturated rings. The maximum absolute atomic E-state index is 13.2. The maximum Gasteiger partial charge on any atom is 0.258 e. The number of carbonyl (C=O) groups excluding carboxylic acids is 1. The van der Waals surface area contributed by atoms with Crippen molar-refractivity contribution in [3.8, 4) is 5.75 Å². The Hall–Kier alpha value is -1.33. The van der Waals surface area contributed by atoms with Crippen molar-refractivity contribution in [3.05, 3.63) is 29.0 Å². The van der Waals surface area contributed by atoms with Crippen molar-refractivity contribution in [1.82, 2.24) is 5.32 Å². The minimum absolute atomic E-state index is 0.0281. The highest BCUT2D eigenvalue weighted by Gasteiger charge is 2.59. The number of ether oxygens (including phenoxy) is 1. The predicted molar refractivity (Wildman–Crippen MR) is 73.2 cm³/mol. The summed E-state index contributed by atoms with van der Waals surface area (Å²) in [6, 6.07) is 4.09.